The fourth-order valence-electron chi connectivity index (χ4n) is 2.51. The zero-order valence-corrected chi connectivity index (χ0v) is 15.8. The molecule has 0 saturated carbocycles. The van der Waals surface area contributed by atoms with E-state index in [0.29, 0.717) is 29.1 Å². The van der Waals surface area contributed by atoms with Gasteiger partial charge in [0.25, 0.3) is 0 Å². The number of carbonyl (C=O) groups excluding carboxylic acids is 1. The molecule has 5 nitrogen and oxygen atoms in total. The monoisotopic (exact) mass is 378 g/mol. The van der Waals surface area contributed by atoms with Crippen LogP contribution in [0.15, 0.2) is 35.8 Å². The maximum Gasteiger partial charge on any atom is 0.341 e. The van der Waals surface area contributed by atoms with Gasteiger partial charge in [0.1, 0.15) is 16.8 Å². The average molecular weight is 379 g/mol. The number of nitrogens with zero attached hydrogens (tertiary/aromatic N) is 1. The summed E-state index contributed by atoms with van der Waals surface area (Å²) in [7, 11) is 1.60. The Kier molecular flexibility index (Phi) is 6.22. The van der Waals surface area contributed by atoms with Gasteiger partial charge in [-0.15, -0.1) is 23.7 Å². The van der Waals surface area contributed by atoms with Gasteiger partial charge in [-0.2, -0.15) is 0 Å². The van der Waals surface area contributed by atoms with E-state index < -0.39 is 5.97 Å². The minimum atomic E-state index is -0.398. The number of anilines is 2. The Morgan fingerprint density at radius 2 is 2.12 bits per heavy atom. The minimum absolute atomic E-state index is 0. The van der Waals surface area contributed by atoms with E-state index in [-0.39, 0.29) is 12.4 Å². The second-order valence-electron chi connectivity index (χ2n) is 5.14. The number of hydrogen-bond acceptors (Lipinski definition) is 6. The number of fused-ring (bicyclic) bond motifs is 1. The Morgan fingerprint density at radius 3 is 2.76 bits per heavy atom. The summed E-state index contributed by atoms with van der Waals surface area (Å²) < 4.78 is 10.6. The molecule has 2 heterocycles. The van der Waals surface area contributed by atoms with Crippen molar-refractivity contribution in [1.82, 2.24) is 4.98 Å². The zero-order chi connectivity index (χ0) is 17.1. The van der Waals surface area contributed by atoms with Crippen LogP contribution in [0.4, 0.5) is 11.4 Å². The number of thiophene rings is 1. The number of benzene rings is 1. The molecule has 0 saturated heterocycles. The van der Waals surface area contributed by atoms with E-state index >= 15 is 0 Å². The van der Waals surface area contributed by atoms with Crippen molar-refractivity contribution in [3.63, 3.8) is 0 Å². The van der Waals surface area contributed by atoms with Crippen LogP contribution in [0.25, 0.3) is 10.9 Å². The molecule has 3 aromatic rings. The number of rotatable bonds is 5. The van der Waals surface area contributed by atoms with Crippen molar-refractivity contribution in [3.8, 4) is 5.75 Å². The van der Waals surface area contributed by atoms with E-state index in [1.807, 2.05) is 36.6 Å². The predicted molar refractivity (Wildman–Crippen MR) is 104 cm³/mol. The number of esters is 1. The largest absolute Gasteiger partial charge is 0.494 e. The Morgan fingerprint density at radius 1 is 1.32 bits per heavy atom. The normalized spacial score (nSPS) is 10.2. The number of hydrogen-bond donors (Lipinski definition) is 1. The fourth-order valence-corrected chi connectivity index (χ4v) is 3.16. The van der Waals surface area contributed by atoms with Gasteiger partial charge in [-0.25, -0.2) is 4.79 Å². The Hall–Kier alpha value is -2.31. The van der Waals surface area contributed by atoms with Crippen molar-refractivity contribution in [3.05, 3.63) is 46.3 Å². The molecule has 0 spiro atoms. The first-order chi connectivity index (χ1) is 11.7. The summed E-state index contributed by atoms with van der Waals surface area (Å²) in [6, 6.07) is 7.63. The Balaban J connectivity index is 0.00000225. The quantitative estimate of drug-likeness (QED) is 0.636. The third-order valence-electron chi connectivity index (χ3n) is 3.69. The van der Waals surface area contributed by atoms with Gasteiger partial charge in [0.15, 0.2) is 0 Å². The molecular formula is C18H19ClN2O3S. The van der Waals surface area contributed by atoms with Crippen molar-refractivity contribution >= 4 is 52.0 Å². The van der Waals surface area contributed by atoms with Crippen LogP contribution in [-0.4, -0.2) is 24.7 Å². The molecular weight excluding hydrogens is 360 g/mol. The number of pyridine rings is 1. The molecule has 0 fully saturated rings. The number of aryl methyl sites for hydroxylation is 1. The van der Waals surface area contributed by atoms with E-state index in [4.69, 9.17) is 9.47 Å². The molecule has 0 radical (unpaired) electrons. The summed E-state index contributed by atoms with van der Waals surface area (Å²) in [5.41, 5.74) is 2.74. The Bertz CT molecular complexity index is 895. The molecule has 1 aromatic carbocycles. The van der Waals surface area contributed by atoms with Gasteiger partial charge in [0.2, 0.25) is 0 Å². The predicted octanol–water partition coefficient (Wildman–Crippen LogP) is 4.96. The molecule has 0 amide bonds. The maximum atomic E-state index is 12.3. The fraction of sp³-hybridized carbons (Fsp3) is 0.222. The molecule has 25 heavy (non-hydrogen) atoms. The van der Waals surface area contributed by atoms with Crippen LogP contribution in [-0.2, 0) is 4.74 Å². The van der Waals surface area contributed by atoms with E-state index in [1.54, 1.807) is 25.4 Å². The van der Waals surface area contributed by atoms with Crippen LogP contribution in [0.3, 0.4) is 0 Å². The van der Waals surface area contributed by atoms with Gasteiger partial charge in [0.05, 0.1) is 25.1 Å². The SMILES string of the molecule is CCOC(=O)c1cnc2c(OC)cccc2c1Nc1ccsc1C.Cl. The van der Waals surface area contributed by atoms with E-state index in [1.165, 1.54) is 6.20 Å². The number of para-hydroxylation sites is 1. The lowest BCUT2D eigenvalue weighted by molar-refractivity contribution is 0.0527. The molecule has 0 unspecified atom stereocenters. The number of carbonyl (C=O) groups is 1. The van der Waals surface area contributed by atoms with Crippen molar-refractivity contribution in [2.45, 2.75) is 13.8 Å². The van der Waals surface area contributed by atoms with Gasteiger partial charge >= 0.3 is 5.97 Å². The van der Waals surface area contributed by atoms with Crippen molar-refractivity contribution in [2.75, 3.05) is 19.0 Å². The van der Waals surface area contributed by atoms with Gasteiger partial charge in [0, 0.05) is 16.5 Å². The number of nitrogens with one attached hydrogen (secondary N) is 1. The molecule has 7 heteroatoms. The highest BCUT2D eigenvalue weighted by Crippen LogP contribution is 2.35. The molecule has 2 aromatic heterocycles. The lowest BCUT2D eigenvalue weighted by atomic mass is 10.1. The number of halogens is 1. The molecule has 1 N–H and O–H groups in total. The van der Waals surface area contributed by atoms with Crippen LogP contribution in [0.5, 0.6) is 5.75 Å². The molecule has 0 aliphatic carbocycles. The molecule has 0 bridgehead atoms. The second kappa shape index (κ2) is 8.18. The summed E-state index contributed by atoms with van der Waals surface area (Å²) in [5, 5.41) is 6.18. The van der Waals surface area contributed by atoms with E-state index in [9.17, 15) is 4.79 Å². The highest BCUT2D eigenvalue weighted by atomic mass is 35.5. The second-order valence-corrected chi connectivity index (χ2v) is 6.26. The van der Waals surface area contributed by atoms with Crippen LogP contribution >= 0.6 is 23.7 Å². The summed E-state index contributed by atoms with van der Waals surface area (Å²) in [6.07, 6.45) is 1.53. The van der Waals surface area contributed by atoms with Crippen molar-refractivity contribution in [1.29, 1.82) is 0 Å². The molecule has 3 rings (SSSR count). The number of aromatic nitrogens is 1. The molecule has 0 aliphatic heterocycles. The molecule has 132 valence electrons. The van der Waals surface area contributed by atoms with Gasteiger partial charge in [-0.3, -0.25) is 4.98 Å². The Labute approximate surface area is 156 Å². The van der Waals surface area contributed by atoms with Crippen molar-refractivity contribution in [2.24, 2.45) is 0 Å². The zero-order valence-electron chi connectivity index (χ0n) is 14.2. The first kappa shape index (κ1) is 19.0. The van der Waals surface area contributed by atoms with Gasteiger partial charge < -0.3 is 14.8 Å². The van der Waals surface area contributed by atoms with Gasteiger partial charge in [-0.05, 0) is 31.4 Å². The molecule has 0 aliphatic rings. The van der Waals surface area contributed by atoms with E-state index in [0.717, 1.165) is 16.0 Å². The summed E-state index contributed by atoms with van der Waals surface area (Å²) in [4.78, 5) is 17.9. The van der Waals surface area contributed by atoms with Crippen LogP contribution in [0.2, 0.25) is 0 Å². The van der Waals surface area contributed by atoms with E-state index in [2.05, 4.69) is 10.3 Å². The van der Waals surface area contributed by atoms with Gasteiger partial charge in [-0.1, -0.05) is 12.1 Å². The van der Waals surface area contributed by atoms with Crippen LogP contribution in [0.1, 0.15) is 22.2 Å². The third-order valence-corrected chi connectivity index (χ3v) is 4.54. The lowest BCUT2D eigenvalue weighted by Crippen LogP contribution is -2.09. The smallest absolute Gasteiger partial charge is 0.341 e. The third kappa shape index (κ3) is 3.70. The lowest BCUT2D eigenvalue weighted by Gasteiger charge is -2.15. The van der Waals surface area contributed by atoms with Crippen molar-refractivity contribution < 1.29 is 14.3 Å². The van der Waals surface area contributed by atoms with Crippen LogP contribution in [0, 0.1) is 6.92 Å². The highest BCUT2D eigenvalue weighted by Gasteiger charge is 2.19. The maximum absolute atomic E-state index is 12.3. The summed E-state index contributed by atoms with van der Waals surface area (Å²) >= 11 is 1.64. The standard InChI is InChI=1S/C18H18N2O3S.ClH/c1-4-23-18(21)13-10-19-17-12(6-5-7-15(17)22-3)16(13)20-14-8-9-24-11(14)2;/h5-10H,4H2,1-3H3,(H,19,20);1H. The van der Waals surface area contributed by atoms with Crippen LogP contribution < -0.4 is 10.1 Å². The first-order valence-electron chi connectivity index (χ1n) is 7.59. The summed E-state index contributed by atoms with van der Waals surface area (Å²) in [5.74, 6) is 0.262. The number of ether oxygens (including phenoxy) is 2. The topological polar surface area (TPSA) is 60.5 Å². The number of methoxy groups -OCH3 is 1. The first-order valence-corrected chi connectivity index (χ1v) is 8.47. The minimum Gasteiger partial charge on any atom is -0.494 e. The molecule has 0 atom stereocenters. The summed E-state index contributed by atoms with van der Waals surface area (Å²) in [6.45, 7) is 4.12. The highest BCUT2D eigenvalue weighted by molar-refractivity contribution is 7.10. The average Bonchev–Trinajstić information content (AvgIpc) is 2.99.